The van der Waals surface area contributed by atoms with E-state index in [2.05, 4.69) is 91.8 Å². The molecule has 6 aromatic carbocycles. The van der Waals surface area contributed by atoms with Gasteiger partial charge in [-0.25, -0.2) is 8.42 Å². The van der Waals surface area contributed by atoms with Gasteiger partial charge in [0.05, 0.1) is 9.79 Å². The summed E-state index contributed by atoms with van der Waals surface area (Å²) in [6.45, 7) is 22.4. The fourth-order valence-corrected chi connectivity index (χ4v) is 12.3. The Morgan fingerprint density at radius 1 is 0.458 bits per heavy atom. The second-order valence-corrected chi connectivity index (χ2v) is 22.1. The van der Waals surface area contributed by atoms with Gasteiger partial charge in [0, 0.05) is 0 Å². The highest BCUT2D eigenvalue weighted by Gasteiger charge is 2.39. The lowest BCUT2D eigenvalue weighted by Crippen LogP contribution is -2.34. The standard InChI is InChI=1S/C54H62O4S/c1-11-39-41-19-13-35(49(55)37-15-21-43-45(31-37)53(7,8)27-25-51(43,3)4)29-33(41)17-23-47(39)59(57,58)48-24-18-34-30-36(14-20-42(34)40(48)12-2)50(56)38-16-22-44-46(32-38)54(9,10)28-26-52(44,5)6/h13-24,29-32,49-50,55-56H,11-12,25-28H2,1-10H3. The summed E-state index contributed by atoms with van der Waals surface area (Å²) in [6, 6.07) is 32.1. The fourth-order valence-electron chi connectivity index (χ4n) is 10.4. The highest BCUT2D eigenvalue weighted by atomic mass is 32.2. The summed E-state index contributed by atoms with van der Waals surface area (Å²) in [5.74, 6) is 0. The lowest BCUT2D eigenvalue weighted by molar-refractivity contribution is 0.219. The summed E-state index contributed by atoms with van der Waals surface area (Å²) in [6.07, 6.45) is 3.95. The Labute approximate surface area is 352 Å². The molecular weight excluding hydrogens is 745 g/mol. The number of aliphatic hydroxyl groups is 2. The molecule has 4 nitrogen and oxygen atoms in total. The molecule has 308 valence electrons. The average Bonchev–Trinajstić information content (AvgIpc) is 3.22. The lowest BCUT2D eigenvalue weighted by atomic mass is 9.63. The number of fused-ring (bicyclic) bond motifs is 4. The third-order valence-corrected chi connectivity index (χ3v) is 16.5. The number of aliphatic hydroxyl groups excluding tert-OH is 2. The molecule has 0 saturated carbocycles. The molecule has 2 aliphatic rings. The smallest absolute Gasteiger partial charge is 0.207 e. The van der Waals surface area contributed by atoms with Crippen molar-refractivity contribution in [1.29, 1.82) is 0 Å². The quantitative estimate of drug-likeness (QED) is 0.161. The predicted octanol–water partition coefficient (Wildman–Crippen LogP) is 12.8. The van der Waals surface area contributed by atoms with Crippen LogP contribution in [0.5, 0.6) is 0 Å². The fraction of sp³-hybridized carbons (Fsp3) is 0.407. The van der Waals surface area contributed by atoms with Crippen LogP contribution >= 0.6 is 0 Å². The van der Waals surface area contributed by atoms with Crippen LogP contribution in [-0.2, 0) is 44.3 Å². The molecular formula is C54H62O4S. The maximum atomic E-state index is 14.8. The van der Waals surface area contributed by atoms with Gasteiger partial charge in [0.2, 0.25) is 9.84 Å². The Kier molecular flexibility index (Phi) is 10.1. The number of hydrogen-bond donors (Lipinski definition) is 2. The Bertz CT molecular complexity index is 2570. The molecule has 0 fully saturated rings. The Morgan fingerprint density at radius 3 is 1.14 bits per heavy atom. The monoisotopic (exact) mass is 806 g/mol. The van der Waals surface area contributed by atoms with Gasteiger partial charge in [-0.3, -0.25) is 0 Å². The molecule has 5 heteroatoms. The minimum atomic E-state index is -3.90. The molecule has 6 aromatic rings. The van der Waals surface area contributed by atoms with Crippen LogP contribution in [0.25, 0.3) is 21.5 Å². The van der Waals surface area contributed by atoms with Gasteiger partial charge < -0.3 is 10.2 Å². The maximum Gasteiger partial charge on any atom is 0.207 e. The summed E-state index contributed by atoms with van der Waals surface area (Å²) in [4.78, 5) is 0.639. The molecule has 59 heavy (non-hydrogen) atoms. The van der Waals surface area contributed by atoms with Crippen LogP contribution < -0.4 is 0 Å². The van der Waals surface area contributed by atoms with Gasteiger partial charge in [-0.2, -0.15) is 0 Å². The molecule has 0 radical (unpaired) electrons. The topological polar surface area (TPSA) is 74.6 Å². The first-order valence-electron chi connectivity index (χ1n) is 21.7. The highest BCUT2D eigenvalue weighted by Crippen LogP contribution is 2.48. The molecule has 2 N–H and O–H groups in total. The van der Waals surface area contributed by atoms with Crippen molar-refractivity contribution in [2.24, 2.45) is 0 Å². The Hall–Kier alpha value is -4.29. The van der Waals surface area contributed by atoms with E-state index in [1.165, 1.54) is 22.3 Å². The summed E-state index contributed by atoms with van der Waals surface area (Å²) in [5, 5.41) is 27.0. The third kappa shape index (κ3) is 6.95. The minimum Gasteiger partial charge on any atom is -0.384 e. The molecule has 2 aliphatic carbocycles. The maximum absolute atomic E-state index is 14.8. The van der Waals surface area contributed by atoms with E-state index in [0.29, 0.717) is 22.6 Å². The average molecular weight is 807 g/mol. The molecule has 0 bridgehead atoms. The van der Waals surface area contributed by atoms with Crippen molar-refractivity contribution in [1.82, 2.24) is 0 Å². The largest absolute Gasteiger partial charge is 0.384 e. The van der Waals surface area contributed by atoms with E-state index in [4.69, 9.17) is 0 Å². The van der Waals surface area contributed by atoms with Crippen molar-refractivity contribution in [3.63, 3.8) is 0 Å². The van der Waals surface area contributed by atoms with Gasteiger partial charge >= 0.3 is 0 Å². The first-order chi connectivity index (χ1) is 27.7. The van der Waals surface area contributed by atoms with Crippen LogP contribution in [0.4, 0.5) is 0 Å². The van der Waals surface area contributed by atoms with Gasteiger partial charge in [-0.15, -0.1) is 0 Å². The third-order valence-electron chi connectivity index (χ3n) is 14.5. The minimum absolute atomic E-state index is 0.0355. The van der Waals surface area contributed by atoms with Crippen molar-refractivity contribution in [2.75, 3.05) is 0 Å². The van der Waals surface area contributed by atoms with E-state index in [0.717, 1.165) is 80.6 Å². The van der Waals surface area contributed by atoms with Crippen LogP contribution in [0, 0.1) is 0 Å². The number of rotatable bonds is 8. The van der Waals surface area contributed by atoms with Crippen molar-refractivity contribution in [3.05, 3.63) is 153 Å². The first-order valence-corrected chi connectivity index (χ1v) is 23.2. The van der Waals surface area contributed by atoms with Crippen molar-refractivity contribution < 1.29 is 18.6 Å². The van der Waals surface area contributed by atoms with Gasteiger partial charge in [-0.05, 0) is 162 Å². The molecule has 2 unspecified atom stereocenters. The zero-order valence-corrected chi connectivity index (χ0v) is 37.6. The van der Waals surface area contributed by atoms with Crippen LogP contribution in [0.1, 0.15) is 163 Å². The second-order valence-electron chi connectivity index (χ2n) is 20.2. The van der Waals surface area contributed by atoms with E-state index >= 15 is 0 Å². The highest BCUT2D eigenvalue weighted by molar-refractivity contribution is 7.91. The molecule has 2 atom stereocenters. The molecule has 0 aromatic heterocycles. The number of benzene rings is 6. The molecule has 0 heterocycles. The summed E-state index contributed by atoms with van der Waals surface area (Å²) >= 11 is 0. The van der Waals surface area contributed by atoms with E-state index in [9.17, 15) is 18.6 Å². The molecule has 0 spiro atoms. The van der Waals surface area contributed by atoms with Crippen molar-refractivity contribution >= 4 is 31.4 Å². The normalized spacial score (nSPS) is 18.9. The zero-order chi connectivity index (χ0) is 42.4. The van der Waals surface area contributed by atoms with Gasteiger partial charge in [0.25, 0.3) is 0 Å². The van der Waals surface area contributed by atoms with Gasteiger partial charge in [0.1, 0.15) is 12.2 Å². The summed E-state index contributed by atoms with van der Waals surface area (Å²) in [5.41, 5.74) is 10.5. The number of hydrogen-bond acceptors (Lipinski definition) is 4. The van der Waals surface area contributed by atoms with E-state index in [-0.39, 0.29) is 21.7 Å². The summed E-state index contributed by atoms with van der Waals surface area (Å²) < 4.78 is 29.5. The zero-order valence-electron chi connectivity index (χ0n) is 36.8. The van der Waals surface area contributed by atoms with Crippen LogP contribution in [0.15, 0.2) is 107 Å². The first kappa shape index (κ1) is 41.4. The lowest BCUT2D eigenvalue weighted by Gasteiger charge is -2.42. The van der Waals surface area contributed by atoms with Gasteiger partial charge in [0.15, 0.2) is 0 Å². The van der Waals surface area contributed by atoms with Crippen molar-refractivity contribution in [3.8, 4) is 0 Å². The second kappa shape index (κ2) is 14.4. The molecule has 8 rings (SSSR count). The summed E-state index contributed by atoms with van der Waals surface area (Å²) in [7, 11) is -3.90. The van der Waals surface area contributed by atoms with Crippen LogP contribution in [0.2, 0.25) is 0 Å². The van der Waals surface area contributed by atoms with Crippen molar-refractivity contribution in [2.45, 2.75) is 151 Å². The van der Waals surface area contributed by atoms with Gasteiger partial charge in [-0.1, -0.05) is 142 Å². The Morgan fingerprint density at radius 2 is 0.780 bits per heavy atom. The Balaban J connectivity index is 1.12. The molecule has 0 saturated heterocycles. The number of sulfone groups is 1. The number of aryl methyl sites for hydroxylation is 2. The van der Waals surface area contributed by atoms with E-state index in [1.807, 2.05) is 62.4 Å². The molecule has 0 amide bonds. The van der Waals surface area contributed by atoms with E-state index < -0.39 is 22.0 Å². The molecule has 0 aliphatic heterocycles. The van der Waals surface area contributed by atoms with E-state index in [1.54, 1.807) is 12.1 Å². The predicted molar refractivity (Wildman–Crippen MR) is 244 cm³/mol. The van der Waals surface area contributed by atoms with Crippen LogP contribution in [0.3, 0.4) is 0 Å². The van der Waals surface area contributed by atoms with Crippen LogP contribution in [-0.4, -0.2) is 18.6 Å². The SMILES string of the molecule is CCc1c(S(=O)(=O)c2ccc3cc(C(O)c4ccc5c(c4)C(C)(C)CCC5(C)C)ccc3c2CC)ccc2cc(C(O)c3ccc4c(c3)C(C)(C)CCC4(C)C)ccc12.